The standard InChI is InChI=1S/C24H24FN3O2/c1-2-12-28-23(29)21(19-8-10-20(25)11-9-19)22(24(28)30)27-15-13-26(14-16-27)17-18-6-4-3-5-7-18/h2-11H,1,12-17H2. The van der Waals surface area contributed by atoms with E-state index in [0.29, 0.717) is 29.9 Å². The molecule has 0 radical (unpaired) electrons. The zero-order valence-electron chi connectivity index (χ0n) is 16.8. The van der Waals surface area contributed by atoms with E-state index >= 15 is 0 Å². The van der Waals surface area contributed by atoms with Crippen molar-refractivity contribution in [2.75, 3.05) is 32.7 Å². The first-order valence-corrected chi connectivity index (χ1v) is 10.1. The first kappa shape index (κ1) is 20.0. The number of nitrogens with zero attached hydrogens (tertiary/aromatic N) is 3. The summed E-state index contributed by atoms with van der Waals surface area (Å²) in [6.45, 7) is 7.54. The number of hydrogen-bond acceptors (Lipinski definition) is 4. The van der Waals surface area contributed by atoms with Crippen molar-refractivity contribution in [1.82, 2.24) is 14.7 Å². The quantitative estimate of drug-likeness (QED) is 0.548. The molecular formula is C24H24FN3O2. The summed E-state index contributed by atoms with van der Waals surface area (Å²) in [5.74, 6) is -1.04. The van der Waals surface area contributed by atoms with Gasteiger partial charge in [0.1, 0.15) is 11.5 Å². The van der Waals surface area contributed by atoms with E-state index in [1.807, 2.05) is 23.1 Å². The lowest BCUT2D eigenvalue weighted by atomic mass is 10.0. The monoisotopic (exact) mass is 405 g/mol. The van der Waals surface area contributed by atoms with E-state index in [0.717, 1.165) is 19.6 Å². The van der Waals surface area contributed by atoms with Gasteiger partial charge in [-0.25, -0.2) is 4.39 Å². The highest BCUT2D eigenvalue weighted by molar-refractivity contribution is 6.35. The van der Waals surface area contributed by atoms with Gasteiger partial charge in [-0.2, -0.15) is 0 Å². The average Bonchev–Trinajstić information content (AvgIpc) is 3.01. The number of carbonyl (C=O) groups excluding carboxylic acids is 2. The van der Waals surface area contributed by atoms with Crippen molar-refractivity contribution in [1.29, 1.82) is 0 Å². The lowest BCUT2D eigenvalue weighted by molar-refractivity contribution is -0.137. The van der Waals surface area contributed by atoms with E-state index < -0.39 is 0 Å². The topological polar surface area (TPSA) is 43.9 Å². The van der Waals surface area contributed by atoms with E-state index in [9.17, 15) is 14.0 Å². The fourth-order valence-electron chi connectivity index (χ4n) is 4.00. The fraction of sp³-hybridized carbons (Fsp3) is 0.250. The van der Waals surface area contributed by atoms with Crippen molar-refractivity contribution in [2.45, 2.75) is 6.54 Å². The number of amides is 2. The highest BCUT2D eigenvalue weighted by atomic mass is 19.1. The molecule has 1 saturated heterocycles. The average molecular weight is 405 g/mol. The van der Waals surface area contributed by atoms with E-state index in [1.165, 1.54) is 22.6 Å². The Balaban J connectivity index is 1.57. The van der Waals surface area contributed by atoms with Gasteiger partial charge in [-0.3, -0.25) is 19.4 Å². The van der Waals surface area contributed by atoms with Crippen molar-refractivity contribution < 1.29 is 14.0 Å². The van der Waals surface area contributed by atoms with E-state index in [-0.39, 0.29) is 24.2 Å². The van der Waals surface area contributed by atoms with E-state index in [1.54, 1.807) is 18.2 Å². The van der Waals surface area contributed by atoms with Crippen LogP contribution in [0.1, 0.15) is 11.1 Å². The number of halogens is 1. The zero-order valence-corrected chi connectivity index (χ0v) is 16.8. The van der Waals surface area contributed by atoms with Crippen molar-refractivity contribution >= 4 is 17.4 Å². The lowest BCUT2D eigenvalue weighted by Gasteiger charge is -2.36. The normalized spacial score (nSPS) is 17.8. The van der Waals surface area contributed by atoms with Crippen molar-refractivity contribution in [2.24, 2.45) is 0 Å². The van der Waals surface area contributed by atoms with Crippen molar-refractivity contribution in [3.8, 4) is 0 Å². The Morgan fingerprint density at radius 1 is 0.900 bits per heavy atom. The summed E-state index contributed by atoms with van der Waals surface area (Å²) in [5, 5.41) is 0. The first-order valence-electron chi connectivity index (χ1n) is 10.1. The maximum absolute atomic E-state index is 13.4. The molecule has 0 spiro atoms. The molecule has 2 heterocycles. The number of benzene rings is 2. The van der Waals surface area contributed by atoms with Crippen LogP contribution in [0.4, 0.5) is 4.39 Å². The molecule has 2 aliphatic rings. The Morgan fingerprint density at radius 2 is 1.57 bits per heavy atom. The number of hydrogen-bond donors (Lipinski definition) is 0. The van der Waals surface area contributed by atoms with Crippen LogP contribution in [0.2, 0.25) is 0 Å². The third-order valence-electron chi connectivity index (χ3n) is 5.53. The second-order valence-corrected chi connectivity index (χ2v) is 7.49. The molecule has 2 aromatic carbocycles. The maximum Gasteiger partial charge on any atom is 0.278 e. The maximum atomic E-state index is 13.4. The van der Waals surface area contributed by atoms with Gasteiger partial charge in [0.15, 0.2) is 0 Å². The Kier molecular flexibility index (Phi) is 5.77. The summed E-state index contributed by atoms with van der Waals surface area (Å²) in [6.07, 6.45) is 1.54. The Hall–Kier alpha value is -3.25. The van der Waals surface area contributed by atoms with Crippen LogP contribution in [0.15, 0.2) is 72.9 Å². The molecule has 30 heavy (non-hydrogen) atoms. The molecule has 0 aromatic heterocycles. The third kappa shape index (κ3) is 3.91. The van der Waals surface area contributed by atoms with Crippen LogP contribution in [-0.2, 0) is 16.1 Å². The summed E-state index contributed by atoms with van der Waals surface area (Å²) in [4.78, 5) is 31.7. The molecule has 2 aromatic rings. The molecule has 1 fully saturated rings. The van der Waals surface area contributed by atoms with Gasteiger partial charge in [-0.1, -0.05) is 48.5 Å². The number of piperazine rings is 1. The molecule has 0 bridgehead atoms. The van der Waals surface area contributed by atoms with Gasteiger partial charge >= 0.3 is 0 Å². The molecule has 2 amide bonds. The van der Waals surface area contributed by atoms with Crippen LogP contribution >= 0.6 is 0 Å². The smallest absolute Gasteiger partial charge is 0.278 e. The van der Waals surface area contributed by atoms with Crippen LogP contribution in [0.3, 0.4) is 0 Å². The highest BCUT2D eigenvalue weighted by Gasteiger charge is 2.41. The van der Waals surface area contributed by atoms with Gasteiger partial charge in [-0.15, -0.1) is 6.58 Å². The first-order chi connectivity index (χ1) is 14.6. The second-order valence-electron chi connectivity index (χ2n) is 7.49. The van der Waals surface area contributed by atoms with E-state index in [4.69, 9.17) is 0 Å². The summed E-state index contributed by atoms with van der Waals surface area (Å²) < 4.78 is 13.4. The number of carbonyl (C=O) groups is 2. The molecule has 0 unspecified atom stereocenters. The van der Waals surface area contributed by atoms with Crippen LogP contribution in [0.25, 0.3) is 5.57 Å². The lowest BCUT2D eigenvalue weighted by Crippen LogP contribution is -2.47. The minimum atomic E-state index is -0.379. The molecule has 6 heteroatoms. The minimum absolute atomic E-state index is 0.153. The van der Waals surface area contributed by atoms with E-state index in [2.05, 4.69) is 23.6 Å². The molecule has 2 aliphatic heterocycles. The second kappa shape index (κ2) is 8.63. The third-order valence-corrected chi connectivity index (χ3v) is 5.53. The zero-order chi connectivity index (χ0) is 21.1. The number of imide groups is 1. The van der Waals surface area contributed by atoms with Crippen LogP contribution < -0.4 is 0 Å². The Morgan fingerprint density at radius 3 is 2.20 bits per heavy atom. The molecule has 5 nitrogen and oxygen atoms in total. The van der Waals surface area contributed by atoms with Crippen molar-refractivity contribution in [3.05, 3.63) is 89.9 Å². The van der Waals surface area contributed by atoms with Gasteiger partial charge in [-0.05, 0) is 23.3 Å². The molecule has 0 saturated carbocycles. The summed E-state index contributed by atoms with van der Waals surface area (Å²) in [6, 6.07) is 16.0. The summed E-state index contributed by atoms with van der Waals surface area (Å²) in [5.41, 5.74) is 2.57. The van der Waals surface area contributed by atoms with Crippen LogP contribution in [0.5, 0.6) is 0 Å². The Bertz CT molecular complexity index is 977. The van der Waals surface area contributed by atoms with Gasteiger partial charge in [0.2, 0.25) is 0 Å². The highest BCUT2D eigenvalue weighted by Crippen LogP contribution is 2.32. The summed E-state index contributed by atoms with van der Waals surface area (Å²) in [7, 11) is 0. The SMILES string of the molecule is C=CCN1C(=O)C(c2ccc(F)cc2)=C(N2CCN(Cc3ccccc3)CC2)C1=O. The van der Waals surface area contributed by atoms with Crippen molar-refractivity contribution in [3.63, 3.8) is 0 Å². The summed E-state index contributed by atoms with van der Waals surface area (Å²) >= 11 is 0. The predicted molar refractivity (Wildman–Crippen MR) is 114 cm³/mol. The molecule has 0 aliphatic carbocycles. The van der Waals surface area contributed by atoms with Gasteiger partial charge in [0.25, 0.3) is 11.8 Å². The molecular weight excluding hydrogens is 381 g/mol. The largest absolute Gasteiger partial charge is 0.364 e. The fourth-order valence-corrected chi connectivity index (χ4v) is 4.00. The predicted octanol–water partition coefficient (Wildman–Crippen LogP) is 2.91. The molecule has 0 N–H and O–H groups in total. The molecule has 4 rings (SSSR count). The minimum Gasteiger partial charge on any atom is -0.364 e. The molecule has 154 valence electrons. The van der Waals surface area contributed by atoms with Gasteiger partial charge in [0.05, 0.1) is 5.57 Å². The van der Waals surface area contributed by atoms with Gasteiger partial charge in [0, 0.05) is 39.3 Å². The van der Waals surface area contributed by atoms with Crippen LogP contribution in [0, 0.1) is 5.82 Å². The molecule has 0 atom stereocenters. The van der Waals surface area contributed by atoms with Gasteiger partial charge < -0.3 is 4.90 Å². The Labute approximate surface area is 175 Å². The van der Waals surface area contributed by atoms with Crippen LogP contribution in [-0.4, -0.2) is 59.2 Å². The number of rotatable bonds is 6.